The molecule has 0 aliphatic rings. The van der Waals surface area contributed by atoms with Gasteiger partial charge in [-0.15, -0.1) is 11.6 Å². The number of rotatable bonds is 3. The van der Waals surface area contributed by atoms with E-state index in [1.165, 1.54) is 0 Å². The van der Waals surface area contributed by atoms with Crippen molar-refractivity contribution in [2.24, 2.45) is 0 Å². The van der Waals surface area contributed by atoms with E-state index in [0.29, 0.717) is 10.9 Å². The van der Waals surface area contributed by atoms with Crippen LogP contribution in [0.3, 0.4) is 0 Å². The first-order valence-electron chi connectivity index (χ1n) is 3.61. The monoisotopic (exact) mass is 204 g/mol. The lowest BCUT2D eigenvalue weighted by molar-refractivity contribution is 0.806. The molecule has 0 aliphatic heterocycles. The third-order valence-corrected chi connectivity index (χ3v) is 2.19. The number of nitrogens with zero attached hydrogens (tertiary/aromatic N) is 1. The van der Waals surface area contributed by atoms with Gasteiger partial charge in [0.15, 0.2) is 0 Å². The van der Waals surface area contributed by atoms with Crippen molar-refractivity contribution in [3.63, 3.8) is 0 Å². The minimum Gasteiger partial charge on any atom is -0.316 e. The molecule has 1 rings (SSSR count). The normalized spacial score (nSPS) is 10.2. The van der Waals surface area contributed by atoms with Gasteiger partial charge in [0.25, 0.3) is 0 Å². The molecule has 0 aliphatic carbocycles. The van der Waals surface area contributed by atoms with Gasteiger partial charge in [-0.3, -0.25) is 4.98 Å². The van der Waals surface area contributed by atoms with Crippen LogP contribution in [0.1, 0.15) is 11.1 Å². The number of nitrogens with one attached hydrogen (secondary N) is 1. The smallest absolute Gasteiger partial charge is 0.0636 e. The average Bonchev–Trinajstić information content (AvgIpc) is 2.05. The molecule has 1 aromatic heterocycles. The van der Waals surface area contributed by atoms with Gasteiger partial charge in [0, 0.05) is 24.8 Å². The summed E-state index contributed by atoms with van der Waals surface area (Å²) < 4.78 is 0. The number of aromatic nitrogens is 1. The lowest BCUT2D eigenvalue weighted by Gasteiger charge is -2.06. The Morgan fingerprint density at radius 3 is 2.83 bits per heavy atom. The number of halogens is 2. The molecule has 0 saturated carbocycles. The summed E-state index contributed by atoms with van der Waals surface area (Å²) in [5.41, 5.74) is 2.02. The molecule has 0 fully saturated rings. The Hall–Kier alpha value is -0.310. The first kappa shape index (κ1) is 9.78. The second-order valence-electron chi connectivity index (χ2n) is 2.42. The number of hydrogen-bond acceptors (Lipinski definition) is 2. The fourth-order valence-corrected chi connectivity index (χ4v) is 1.62. The quantitative estimate of drug-likeness (QED) is 0.765. The van der Waals surface area contributed by atoms with Crippen LogP contribution in [-0.4, -0.2) is 12.0 Å². The van der Waals surface area contributed by atoms with Crippen molar-refractivity contribution in [3.05, 3.63) is 28.5 Å². The van der Waals surface area contributed by atoms with Crippen LogP contribution in [0.25, 0.3) is 0 Å². The Morgan fingerprint density at radius 2 is 2.25 bits per heavy atom. The maximum Gasteiger partial charge on any atom is 0.0636 e. The summed E-state index contributed by atoms with van der Waals surface area (Å²) in [5.74, 6) is 0.429. The standard InChI is InChI=1S/C8H10Cl2N2/c1-11-3-6-4-12-5-8(10)7(6)2-9/h4-5,11H,2-3H2,1H3. The van der Waals surface area contributed by atoms with E-state index in [0.717, 1.165) is 17.7 Å². The van der Waals surface area contributed by atoms with E-state index in [-0.39, 0.29) is 0 Å². The molecule has 0 atom stereocenters. The number of pyridine rings is 1. The molecule has 12 heavy (non-hydrogen) atoms. The third-order valence-electron chi connectivity index (χ3n) is 1.60. The molecular formula is C8H10Cl2N2. The second-order valence-corrected chi connectivity index (χ2v) is 3.10. The van der Waals surface area contributed by atoms with Gasteiger partial charge >= 0.3 is 0 Å². The fraction of sp³-hybridized carbons (Fsp3) is 0.375. The maximum atomic E-state index is 5.89. The molecule has 1 heterocycles. The van der Waals surface area contributed by atoms with Crippen molar-refractivity contribution in [2.45, 2.75) is 12.4 Å². The van der Waals surface area contributed by atoms with Crippen LogP contribution in [0.15, 0.2) is 12.4 Å². The predicted molar refractivity (Wildman–Crippen MR) is 51.6 cm³/mol. The van der Waals surface area contributed by atoms with Crippen LogP contribution in [0.2, 0.25) is 5.02 Å². The molecule has 4 heteroatoms. The molecule has 0 amide bonds. The van der Waals surface area contributed by atoms with Gasteiger partial charge in [-0.1, -0.05) is 11.6 Å². The van der Waals surface area contributed by atoms with E-state index in [2.05, 4.69) is 10.3 Å². The molecule has 0 aromatic carbocycles. The highest BCUT2D eigenvalue weighted by Crippen LogP contribution is 2.20. The molecule has 0 saturated heterocycles. The van der Waals surface area contributed by atoms with E-state index in [1.54, 1.807) is 12.4 Å². The zero-order valence-corrected chi connectivity index (χ0v) is 8.28. The van der Waals surface area contributed by atoms with Crippen molar-refractivity contribution >= 4 is 23.2 Å². The largest absolute Gasteiger partial charge is 0.316 e. The lowest BCUT2D eigenvalue weighted by atomic mass is 10.1. The number of hydrogen-bond donors (Lipinski definition) is 1. The summed E-state index contributed by atoms with van der Waals surface area (Å²) in [6.45, 7) is 0.746. The van der Waals surface area contributed by atoms with Crippen molar-refractivity contribution < 1.29 is 0 Å². The van der Waals surface area contributed by atoms with E-state index in [4.69, 9.17) is 23.2 Å². The molecule has 0 bridgehead atoms. The molecule has 1 aromatic rings. The Kier molecular flexibility index (Phi) is 3.79. The minimum atomic E-state index is 0.429. The van der Waals surface area contributed by atoms with Crippen LogP contribution in [0.4, 0.5) is 0 Å². The summed E-state index contributed by atoms with van der Waals surface area (Å²) >= 11 is 11.6. The average molecular weight is 205 g/mol. The summed E-state index contributed by atoms with van der Waals surface area (Å²) in [7, 11) is 1.87. The number of alkyl halides is 1. The van der Waals surface area contributed by atoms with Gasteiger partial charge in [0.2, 0.25) is 0 Å². The van der Waals surface area contributed by atoms with Crippen molar-refractivity contribution in [1.82, 2.24) is 10.3 Å². The molecule has 2 nitrogen and oxygen atoms in total. The zero-order chi connectivity index (χ0) is 8.97. The van der Waals surface area contributed by atoms with Crippen LogP contribution in [-0.2, 0) is 12.4 Å². The first-order valence-corrected chi connectivity index (χ1v) is 4.52. The Balaban J connectivity index is 3.00. The highest BCUT2D eigenvalue weighted by Gasteiger charge is 2.04. The zero-order valence-electron chi connectivity index (χ0n) is 6.77. The van der Waals surface area contributed by atoms with E-state index in [1.807, 2.05) is 7.05 Å². The molecule has 0 radical (unpaired) electrons. The van der Waals surface area contributed by atoms with Gasteiger partial charge in [-0.2, -0.15) is 0 Å². The Morgan fingerprint density at radius 1 is 1.50 bits per heavy atom. The summed E-state index contributed by atoms with van der Waals surface area (Å²) in [6.07, 6.45) is 3.39. The molecule has 66 valence electrons. The highest BCUT2D eigenvalue weighted by atomic mass is 35.5. The fourth-order valence-electron chi connectivity index (χ4n) is 0.994. The predicted octanol–water partition coefficient (Wildman–Crippen LogP) is 2.19. The lowest BCUT2D eigenvalue weighted by Crippen LogP contribution is -2.07. The summed E-state index contributed by atoms with van der Waals surface area (Å²) in [6, 6.07) is 0. The van der Waals surface area contributed by atoms with Gasteiger partial charge in [-0.25, -0.2) is 0 Å². The maximum absolute atomic E-state index is 5.89. The minimum absolute atomic E-state index is 0.429. The van der Waals surface area contributed by atoms with E-state index < -0.39 is 0 Å². The van der Waals surface area contributed by atoms with Crippen molar-refractivity contribution in [1.29, 1.82) is 0 Å². The molecular weight excluding hydrogens is 195 g/mol. The van der Waals surface area contributed by atoms with E-state index in [9.17, 15) is 0 Å². The van der Waals surface area contributed by atoms with Crippen molar-refractivity contribution in [2.75, 3.05) is 7.05 Å². The Labute approximate surface area is 81.9 Å². The van der Waals surface area contributed by atoms with Gasteiger partial charge in [0.1, 0.15) is 0 Å². The van der Waals surface area contributed by atoms with Gasteiger partial charge < -0.3 is 5.32 Å². The van der Waals surface area contributed by atoms with Crippen LogP contribution < -0.4 is 5.32 Å². The van der Waals surface area contributed by atoms with Crippen molar-refractivity contribution in [3.8, 4) is 0 Å². The topological polar surface area (TPSA) is 24.9 Å². The molecule has 0 spiro atoms. The van der Waals surface area contributed by atoms with Crippen LogP contribution in [0, 0.1) is 0 Å². The van der Waals surface area contributed by atoms with Gasteiger partial charge in [0.05, 0.1) is 5.02 Å². The summed E-state index contributed by atoms with van der Waals surface area (Å²) in [4.78, 5) is 3.98. The second kappa shape index (κ2) is 4.65. The van der Waals surface area contributed by atoms with Gasteiger partial charge in [-0.05, 0) is 18.2 Å². The van der Waals surface area contributed by atoms with E-state index >= 15 is 0 Å². The van der Waals surface area contributed by atoms with Crippen LogP contribution in [0.5, 0.6) is 0 Å². The van der Waals surface area contributed by atoms with Crippen LogP contribution >= 0.6 is 23.2 Å². The Bertz CT molecular complexity index is 263. The molecule has 0 unspecified atom stereocenters. The third kappa shape index (κ3) is 2.09. The highest BCUT2D eigenvalue weighted by molar-refractivity contribution is 6.32. The molecule has 1 N–H and O–H groups in total. The summed E-state index contributed by atoms with van der Waals surface area (Å²) in [5, 5.41) is 3.67. The SMILES string of the molecule is CNCc1cncc(Cl)c1CCl. The first-order chi connectivity index (χ1) is 5.79.